The smallest absolute Gasteiger partial charge is 0.408 e. The van der Waals surface area contributed by atoms with Crippen LogP contribution in [0.15, 0.2) is 66.7 Å². The van der Waals surface area contributed by atoms with Crippen molar-refractivity contribution in [3.63, 3.8) is 0 Å². The first-order valence-corrected chi connectivity index (χ1v) is 15.7. The van der Waals surface area contributed by atoms with Gasteiger partial charge in [0.25, 0.3) is 0 Å². The fraction of sp³-hybridized carbons (Fsp3) is 0.421. The van der Waals surface area contributed by atoms with Gasteiger partial charge < -0.3 is 19.5 Å². The van der Waals surface area contributed by atoms with Crippen molar-refractivity contribution in [2.45, 2.75) is 104 Å². The molecule has 1 amide bonds. The molecule has 0 spiro atoms. The summed E-state index contributed by atoms with van der Waals surface area (Å²) in [6.07, 6.45) is 6.01. The molecule has 0 aliphatic heterocycles. The number of rotatable bonds is 9. The minimum atomic E-state index is -0.660. The van der Waals surface area contributed by atoms with Gasteiger partial charge in [-0.25, -0.2) is 9.18 Å². The van der Waals surface area contributed by atoms with Crippen LogP contribution in [-0.4, -0.2) is 23.3 Å². The van der Waals surface area contributed by atoms with Gasteiger partial charge in [-0.05, 0) is 121 Å². The van der Waals surface area contributed by atoms with E-state index < -0.39 is 29.2 Å². The lowest BCUT2D eigenvalue weighted by Crippen LogP contribution is -2.34. The van der Waals surface area contributed by atoms with Crippen molar-refractivity contribution >= 4 is 17.6 Å². The Morgan fingerprint density at radius 3 is 2.29 bits per heavy atom. The molecule has 3 aromatic rings. The van der Waals surface area contributed by atoms with Crippen molar-refractivity contribution in [1.82, 2.24) is 5.32 Å². The normalized spacial score (nSPS) is 14.3. The predicted molar refractivity (Wildman–Crippen MR) is 176 cm³/mol. The van der Waals surface area contributed by atoms with Crippen molar-refractivity contribution in [1.29, 1.82) is 0 Å². The highest BCUT2D eigenvalue weighted by Crippen LogP contribution is 2.34. The van der Waals surface area contributed by atoms with Crippen LogP contribution >= 0.6 is 0 Å². The highest BCUT2D eigenvalue weighted by molar-refractivity contribution is 5.76. The predicted octanol–water partition coefficient (Wildman–Crippen LogP) is 9.50. The summed E-state index contributed by atoms with van der Waals surface area (Å²) in [7, 11) is 0. The molecule has 0 heterocycles. The number of carbonyl (C=O) groups excluding carboxylic acids is 2. The first-order chi connectivity index (χ1) is 21.2. The Hall–Kier alpha value is -4.13. The minimum absolute atomic E-state index is 0.0964. The number of carbonyl (C=O) groups is 2. The average Bonchev–Trinajstić information content (AvgIpc) is 2.95. The largest absolute Gasteiger partial charge is 0.489 e. The van der Waals surface area contributed by atoms with Crippen LogP contribution < -0.4 is 10.1 Å². The molecule has 0 fully saturated rings. The number of hydrogen-bond acceptors (Lipinski definition) is 5. The molecule has 0 saturated carbocycles. The third kappa shape index (κ3) is 9.93. The Morgan fingerprint density at radius 1 is 0.889 bits per heavy atom. The quantitative estimate of drug-likeness (QED) is 0.243. The number of amides is 1. The summed E-state index contributed by atoms with van der Waals surface area (Å²) in [6.45, 7) is 12.9. The number of alkyl carbamates (subject to hydrolysis) is 1. The Labute approximate surface area is 267 Å². The van der Waals surface area contributed by atoms with Crippen LogP contribution in [0.3, 0.4) is 0 Å². The van der Waals surface area contributed by atoms with Crippen molar-refractivity contribution in [2.24, 2.45) is 0 Å². The van der Waals surface area contributed by atoms with Crippen LogP contribution in [0.5, 0.6) is 5.75 Å². The molecule has 0 radical (unpaired) electrons. The van der Waals surface area contributed by atoms with Gasteiger partial charge in [-0.3, -0.25) is 4.79 Å². The number of ether oxygens (including phenoxy) is 3. The van der Waals surface area contributed by atoms with Gasteiger partial charge in [-0.2, -0.15) is 0 Å². The van der Waals surface area contributed by atoms with Crippen LogP contribution in [0, 0.1) is 5.82 Å². The second-order valence-corrected chi connectivity index (χ2v) is 13.6. The molecule has 1 atom stereocenters. The standard InChI is InChI=1S/C38H46FNO5/c1-25(40-36(42)45-38(5,6)7)31-17-13-18-32(35(31)39)30-21-26(20-29(22-30)27-14-9-8-10-15-27)24-43-33-19-12-11-16-28(33)23-34(41)44-37(2,3)4/h11-14,16-22,25H,8-10,15,23-24H2,1-7H3,(H,40,42)/t25-/m1/s1. The second-order valence-electron chi connectivity index (χ2n) is 13.6. The lowest BCUT2D eigenvalue weighted by atomic mass is 9.89. The summed E-state index contributed by atoms with van der Waals surface area (Å²) in [5.74, 6) is -0.120. The Kier molecular flexibility index (Phi) is 10.7. The van der Waals surface area contributed by atoms with Crippen LogP contribution in [0.1, 0.15) is 102 Å². The van der Waals surface area contributed by atoms with Crippen LogP contribution in [0.2, 0.25) is 0 Å². The van der Waals surface area contributed by atoms with E-state index in [1.54, 1.807) is 45.9 Å². The summed E-state index contributed by atoms with van der Waals surface area (Å²) in [4.78, 5) is 25.0. The molecular weight excluding hydrogens is 569 g/mol. The summed E-state index contributed by atoms with van der Waals surface area (Å²) in [6, 6.07) is 18.2. The Bertz CT molecular complexity index is 1550. The molecule has 0 unspecified atom stereocenters. The maximum atomic E-state index is 16.2. The zero-order valence-electron chi connectivity index (χ0n) is 27.6. The van der Waals surface area contributed by atoms with Gasteiger partial charge in [0.15, 0.2) is 0 Å². The third-order valence-electron chi connectivity index (χ3n) is 7.32. The monoisotopic (exact) mass is 615 g/mol. The first kappa shape index (κ1) is 33.8. The van der Waals surface area contributed by atoms with E-state index in [9.17, 15) is 9.59 Å². The molecular formula is C38H46FNO5. The second kappa shape index (κ2) is 14.3. The number of halogens is 1. The van der Waals surface area contributed by atoms with Crippen LogP contribution in [-0.2, 0) is 27.3 Å². The van der Waals surface area contributed by atoms with E-state index in [2.05, 4.69) is 17.5 Å². The maximum absolute atomic E-state index is 16.2. The molecule has 45 heavy (non-hydrogen) atoms. The summed E-state index contributed by atoms with van der Waals surface area (Å²) in [5, 5.41) is 2.75. The fourth-order valence-corrected chi connectivity index (χ4v) is 5.37. The average molecular weight is 616 g/mol. The highest BCUT2D eigenvalue weighted by atomic mass is 19.1. The van der Waals surface area contributed by atoms with Crippen LogP contribution in [0.25, 0.3) is 16.7 Å². The molecule has 0 saturated heterocycles. The molecule has 6 nitrogen and oxygen atoms in total. The van der Waals surface area contributed by atoms with Gasteiger partial charge in [0.2, 0.25) is 0 Å². The SMILES string of the molecule is C[C@@H](NC(=O)OC(C)(C)C)c1cccc(-c2cc(COc3ccccc3CC(=O)OC(C)(C)C)cc(C3=CCCCC3)c2)c1F. The Balaban J connectivity index is 1.63. The van der Waals surface area contributed by atoms with Crippen LogP contribution in [0.4, 0.5) is 9.18 Å². The van der Waals surface area contributed by atoms with Crippen molar-refractivity contribution in [3.8, 4) is 16.9 Å². The van der Waals surface area contributed by atoms with Gasteiger partial charge >= 0.3 is 12.1 Å². The molecule has 0 aromatic heterocycles. The molecule has 7 heteroatoms. The van der Waals surface area contributed by atoms with E-state index in [0.717, 1.165) is 47.9 Å². The zero-order valence-corrected chi connectivity index (χ0v) is 27.6. The number of allylic oxidation sites excluding steroid dienone is 2. The van der Waals surface area contributed by atoms with E-state index in [1.165, 1.54) is 5.57 Å². The Morgan fingerprint density at radius 2 is 1.60 bits per heavy atom. The zero-order chi connectivity index (χ0) is 32.8. The topological polar surface area (TPSA) is 73.9 Å². The van der Waals surface area contributed by atoms with Gasteiger partial charge in [0, 0.05) is 16.7 Å². The first-order valence-electron chi connectivity index (χ1n) is 15.7. The number of benzene rings is 3. The maximum Gasteiger partial charge on any atom is 0.408 e. The third-order valence-corrected chi connectivity index (χ3v) is 7.32. The van der Waals surface area contributed by atoms with E-state index in [4.69, 9.17) is 14.2 Å². The van der Waals surface area contributed by atoms with Gasteiger partial charge in [0.05, 0.1) is 12.5 Å². The van der Waals surface area contributed by atoms with Crippen molar-refractivity contribution < 1.29 is 28.2 Å². The fourth-order valence-electron chi connectivity index (χ4n) is 5.37. The van der Waals surface area contributed by atoms with E-state index in [0.29, 0.717) is 16.9 Å². The molecule has 1 aliphatic rings. The molecule has 240 valence electrons. The summed E-state index contributed by atoms with van der Waals surface area (Å²) in [5.41, 5.74) is 4.20. The highest BCUT2D eigenvalue weighted by Gasteiger charge is 2.22. The number of nitrogens with one attached hydrogen (secondary N) is 1. The molecule has 4 rings (SSSR count). The molecule has 1 N–H and O–H groups in total. The van der Waals surface area contributed by atoms with E-state index in [1.807, 2.05) is 57.2 Å². The van der Waals surface area contributed by atoms with Crippen molar-refractivity contribution in [3.05, 3.63) is 94.8 Å². The lowest BCUT2D eigenvalue weighted by molar-refractivity contribution is -0.153. The molecule has 0 bridgehead atoms. The van der Waals surface area contributed by atoms with Gasteiger partial charge in [0.1, 0.15) is 29.4 Å². The minimum Gasteiger partial charge on any atom is -0.489 e. The number of para-hydroxylation sites is 1. The number of esters is 1. The lowest BCUT2D eigenvalue weighted by Gasteiger charge is -2.23. The van der Waals surface area contributed by atoms with E-state index >= 15 is 4.39 Å². The number of hydrogen-bond donors (Lipinski definition) is 1. The van der Waals surface area contributed by atoms with Gasteiger partial charge in [-0.1, -0.05) is 42.5 Å². The van der Waals surface area contributed by atoms with E-state index in [-0.39, 0.29) is 19.0 Å². The molecule has 1 aliphatic carbocycles. The molecule has 3 aromatic carbocycles. The van der Waals surface area contributed by atoms with Crippen molar-refractivity contribution in [2.75, 3.05) is 0 Å². The van der Waals surface area contributed by atoms with Gasteiger partial charge in [-0.15, -0.1) is 0 Å². The summed E-state index contributed by atoms with van der Waals surface area (Å²) >= 11 is 0. The summed E-state index contributed by atoms with van der Waals surface area (Å²) < 4.78 is 33.3.